The molecule has 0 heterocycles. The molecular weight excluding hydrogens is 404 g/mol. The van der Waals surface area contributed by atoms with Gasteiger partial charge in [-0.1, -0.05) is 53.7 Å². The molecule has 11 atom stereocenters. The minimum Gasteiger partial charge on any atom is -0.393 e. The Hall–Kier alpha value is -0.340. The highest BCUT2D eigenvalue weighted by molar-refractivity contribution is 5.30. The van der Waals surface area contributed by atoms with Gasteiger partial charge in [-0.15, -0.1) is 0 Å². The Morgan fingerprint density at radius 3 is 2.18 bits per heavy atom. The van der Waals surface area contributed by atoms with Crippen molar-refractivity contribution >= 4 is 0 Å². The number of rotatable bonds is 5. The van der Waals surface area contributed by atoms with Crippen LogP contribution in [0.5, 0.6) is 0 Å². The number of aliphatic hydroxyl groups is 2. The van der Waals surface area contributed by atoms with Crippen molar-refractivity contribution in [3.63, 3.8) is 0 Å². The molecule has 2 N–H and O–H groups in total. The molecule has 0 aromatic heterocycles. The van der Waals surface area contributed by atoms with Crippen molar-refractivity contribution in [3.05, 3.63) is 12.2 Å². The van der Waals surface area contributed by atoms with Crippen LogP contribution in [0.3, 0.4) is 0 Å². The predicted molar refractivity (Wildman–Crippen MR) is 137 cm³/mol. The first kappa shape index (κ1) is 24.4. The van der Waals surface area contributed by atoms with Gasteiger partial charge >= 0.3 is 0 Å². The lowest BCUT2D eigenvalue weighted by atomic mass is 9.41. The monoisotopic (exact) mass is 456 g/mol. The molecule has 0 saturated heterocycles. The van der Waals surface area contributed by atoms with E-state index in [1.54, 1.807) is 0 Å². The number of hydrogen-bond acceptors (Lipinski definition) is 2. The third-order valence-corrected chi connectivity index (χ3v) is 13.8. The summed E-state index contributed by atoms with van der Waals surface area (Å²) in [6, 6.07) is 0. The fraction of sp³-hybridized carbons (Fsp3) is 0.935. The van der Waals surface area contributed by atoms with Crippen LogP contribution in [0.15, 0.2) is 12.2 Å². The lowest BCUT2D eigenvalue weighted by Crippen LogP contribution is -2.57. The fourth-order valence-electron chi connectivity index (χ4n) is 11.3. The fourth-order valence-corrected chi connectivity index (χ4v) is 11.3. The quantitative estimate of drug-likeness (QED) is 0.423. The summed E-state index contributed by atoms with van der Waals surface area (Å²) in [6.07, 6.45) is 12.3. The Kier molecular flexibility index (Phi) is 5.42. The zero-order valence-corrected chi connectivity index (χ0v) is 22.7. The highest BCUT2D eigenvalue weighted by atomic mass is 16.3. The summed E-state index contributed by atoms with van der Waals surface area (Å²) in [5, 5.41) is 22.1. The van der Waals surface area contributed by atoms with Crippen LogP contribution in [0.4, 0.5) is 0 Å². The molecule has 33 heavy (non-hydrogen) atoms. The van der Waals surface area contributed by atoms with E-state index in [0.29, 0.717) is 45.3 Å². The molecular formula is C31H52O2. The smallest absolute Gasteiger partial charge is 0.0594 e. The molecule has 5 fully saturated rings. The standard InChI is InChI=1S/C31H52O2/c1-19(2)20(3)17-23(32)21(4)22-11-13-29(8)25-10-9-24-27(5,6)26(33)12-14-30(24)18-31(25,30)16-15-28(22,29)7/h20-26,32-33H,1,9-18H2,2-8H3/t20-,21-,22+,23+,24-,25-,26-,28+,29-,30+,31-/m0/s1. The maximum Gasteiger partial charge on any atom is 0.0594 e. The van der Waals surface area contributed by atoms with E-state index in [1.807, 2.05) is 0 Å². The largest absolute Gasteiger partial charge is 0.393 e. The summed E-state index contributed by atoms with van der Waals surface area (Å²) in [6.45, 7) is 20.8. The third-order valence-electron chi connectivity index (χ3n) is 13.8. The van der Waals surface area contributed by atoms with Gasteiger partial charge in [-0.3, -0.25) is 0 Å². The minimum atomic E-state index is -0.222. The van der Waals surface area contributed by atoms with Gasteiger partial charge in [0.1, 0.15) is 0 Å². The lowest BCUT2D eigenvalue weighted by Gasteiger charge is -2.63. The normalized spacial score (nSPS) is 52.5. The third kappa shape index (κ3) is 2.92. The molecule has 0 bridgehead atoms. The molecule has 2 spiro atoms. The van der Waals surface area contributed by atoms with E-state index in [9.17, 15) is 10.2 Å². The summed E-state index contributed by atoms with van der Waals surface area (Å²) in [5.74, 6) is 2.93. The predicted octanol–water partition coefficient (Wildman–Crippen LogP) is 7.39. The van der Waals surface area contributed by atoms with Crippen LogP contribution in [0.1, 0.15) is 113 Å². The maximum atomic E-state index is 11.2. The summed E-state index contributed by atoms with van der Waals surface area (Å²) >= 11 is 0. The van der Waals surface area contributed by atoms with Gasteiger partial charge < -0.3 is 10.2 Å². The number of hydrogen-bond donors (Lipinski definition) is 2. The zero-order valence-electron chi connectivity index (χ0n) is 22.7. The molecule has 0 aliphatic heterocycles. The Morgan fingerprint density at radius 1 is 0.879 bits per heavy atom. The van der Waals surface area contributed by atoms with Gasteiger partial charge in [-0.25, -0.2) is 0 Å². The second kappa shape index (κ2) is 7.34. The molecule has 5 saturated carbocycles. The van der Waals surface area contributed by atoms with Crippen LogP contribution in [0, 0.1) is 56.7 Å². The highest BCUT2D eigenvalue weighted by Crippen LogP contribution is 2.89. The van der Waals surface area contributed by atoms with Gasteiger partial charge in [0.25, 0.3) is 0 Å². The van der Waals surface area contributed by atoms with Gasteiger partial charge in [0.05, 0.1) is 12.2 Å². The summed E-state index contributed by atoms with van der Waals surface area (Å²) in [4.78, 5) is 0. The van der Waals surface area contributed by atoms with E-state index >= 15 is 0 Å². The number of fused-ring (bicyclic) bond motifs is 2. The van der Waals surface area contributed by atoms with Crippen LogP contribution in [-0.2, 0) is 0 Å². The Bertz CT molecular complexity index is 816. The number of aliphatic hydroxyl groups excluding tert-OH is 2. The molecule has 0 aromatic rings. The minimum absolute atomic E-state index is 0.0746. The Morgan fingerprint density at radius 2 is 1.52 bits per heavy atom. The van der Waals surface area contributed by atoms with Crippen LogP contribution < -0.4 is 0 Å². The van der Waals surface area contributed by atoms with Gasteiger partial charge in [-0.05, 0) is 128 Å². The van der Waals surface area contributed by atoms with Crippen molar-refractivity contribution in [1.29, 1.82) is 0 Å². The van der Waals surface area contributed by atoms with Gasteiger partial charge in [0, 0.05) is 0 Å². The summed E-state index contributed by atoms with van der Waals surface area (Å²) in [5.41, 5.74) is 3.08. The van der Waals surface area contributed by atoms with Crippen molar-refractivity contribution in [2.75, 3.05) is 0 Å². The van der Waals surface area contributed by atoms with E-state index in [0.717, 1.165) is 18.8 Å². The molecule has 5 aliphatic rings. The van der Waals surface area contributed by atoms with Crippen molar-refractivity contribution in [2.45, 2.75) is 125 Å². The highest BCUT2D eigenvalue weighted by Gasteiger charge is 2.82. The van der Waals surface area contributed by atoms with Crippen molar-refractivity contribution in [1.82, 2.24) is 0 Å². The summed E-state index contributed by atoms with van der Waals surface area (Å²) < 4.78 is 0. The van der Waals surface area contributed by atoms with Crippen molar-refractivity contribution in [3.8, 4) is 0 Å². The molecule has 2 nitrogen and oxygen atoms in total. The molecule has 0 amide bonds. The summed E-state index contributed by atoms with van der Waals surface area (Å²) in [7, 11) is 0. The Balaban J connectivity index is 1.40. The van der Waals surface area contributed by atoms with Crippen molar-refractivity contribution < 1.29 is 10.2 Å². The van der Waals surface area contributed by atoms with Crippen LogP contribution in [-0.4, -0.2) is 22.4 Å². The van der Waals surface area contributed by atoms with E-state index in [-0.39, 0.29) is 17.6 Å². The number of allylic oxidation sites excluding steroid dienone is 1. The molecule has 0 unspecified atom stereocenters. The van der Waals surface area contributed by atoms with Crippen molar-refractivity contribution in [2.24, 2.45) is 56.7 Å². The van der Waals surface area contributed by atoms with E-state index in [1.165, 1.54) is 56.9 Å². The maximum absolute atomic E-state index is 11.2. The van der Waals surface area contributed by atoms with Gasteiger partial charge in [0.2, 0.25) is 0 Å². The van der Waals surface area contributed by atoms with Gasteiger partial charge in [-0.2, -0.15) is 0 Å². The van der Waals surface area contributed by atoms with Crippen LogP contribution in [0.2, 0.25) is 0 Å². The first-order valence-corrected chi connectivity index (χ1v) is 14.3. The Labute approximate surface area is 204 Å². The van der Waals surface area contributed by atoms with E-state index in [4.69, 9.17) is 0 Å². The van der Waals surface area contributed by atoms with Crippen LogP contribution >= 0.6 is 0 Å². The molecule has 5 rings (SSSR count). The lowest BCUT2D eigenvalue weighted by molar-refractivity contribution is -0.164. The molecule has 188 valence electrons. The van der Waals surface area contributed by atoms with E-state index < -0.39 is 0 Å². The van der Waals surface area contributed by atoms with Gasteiger partial charge in [0.15, 0.2) is 0 Å². The second-order valence-electron chi connectivity index (χ2n) is 14.9. The second-order valence-corrected chi connectivity index (χ2v) is 14.9. The first-order valence-electron chi connectivity index (χ1n) is 14.3. The topological polar surface area (TPSA) is 40.5 Å². The first-order chi connectivity index (χ1) is 15.3. The van der Waals surface area contributed by atoms with Crippen LogP contribution in [0.25, 0.3) is 0 Å². The molecule has 2 heteroatoms. The zero-order chi connectivity index (χ0) is 24.2. The average Bonchev–Trinajstić information content (AvgIpc) is 3.33. The molecule has 0 aromatic carbocycles. The molecule has 0 radical (unpaired) electrons. The average molecular weight is 457 g/mol. The molecule has 5 aliphatic carbocycles. The SMILES string of the molecule is C=C(C)[C@@H](C)C[C@@H](O)[C@@H](C)[C@H]1CC[C@@]2(C)[C@@H]3CC[C@H]4C(C)(C)[C@@H](O)CC[C@@]45C[C@@]35CC[C@]12C. The van der Waals surface area contributed by atoms with E-state index in [2.05, 4.69) is 55.0 Å².